The molecule has 0 saturated heterocycles. The molecule has 7 N–H and O–H groups in total. The maximum absolute atomic E-state index is 13.3. The van der Waals surface area contributed by atoms with Crippen molar-refractivity contribution in [3.05, 3.63) is 35.9 Å². The van der Waals surface area contributed by atoms with E-state index in [-0.39, 0.29) is 48.5 Å². The van der Waals surface area contributed by atoms with E-state index >= 15 is 0 Å². The summed E-state index contributed by atoms with van der Waals surface area (Å²) in [5.74, 6) is -7.46. The first kappa shape index (κ1) is 34.8. The van der Waals surface area contributed by atoms with Gasteiger partial charge in [0.2, 0.25) is 4.93 Å². The second kappa shape index (κ2) is 13.5. The molecule has 1 rings (SSSR count). The number of carbonyl (C=O) groups excluding carboxylic acids is 3. The van der Waals surface area contributed by atoms with Crippen molar-refractivity contribution in [2.75, 3.05) is 0 Å². The zero-order chi connectivity index (χ0) is 27.4. The molecule has 13 heteroatoms. The fraction of sp³-hybridized carbons (Fsp3) is 0.609. The summed E-state index contributed by atoms with van der Waals surface area (Å²) in [7, 11) is -6.09. The van der Waals surface area contributed by atoms with Crippen LogP contribution in [0.1, 0.15) is 46.6 Å². The minimum atomic E-state index is -6.09. The van der Waals surface area contributed by atoms with Gasteiger partial charge in [0.05, 0.1) is 18.0 Å². The molecule has 3 unspecified atom stereocenters. The van der Waals surface area contributed by atoms with Gasteiger partial charge in [-0.3, -0.25) is 14.4 Å². The average molecular weight is 538 g/mol. The van der Waals surface area contributed by atoms with Gasteiger partial charge < -0.3 is 31.6 Å². The summed E-state index contributed by atoms with van der Waals surface area (Å²) in [6.07, 6.45) is -0.135. The first-order valence-electron chi connectivity index (χ1n) is 11.2. The van der Waals surface area contributed by atoms with Gasteiger partial charge in [-0.25, -0.2) is 8.42 Å². The van der Waals surface area contributed by atoms with Crippen LogP contribution in [-0.4, -0.2) is 58.2 Å². The molecule has 0 saturated carbocycles. The molecule has 36 heavy (non-hydrogen) atoms. The summed E-state index contributed by atoms with van der Waals surface area (Å²) in [4.78, 5) is 35.7. The Balaban J connectivity index is 0.0000122. The third kappa shape index (κ3) is 7.21. The van der Waals surface area contributed by atoms with E-state index in [2.05, 4.69) is 0 Å². The number of esters is 1. The van der Waals surface area contributed by atoms with Crippen molar-refractivity contribution < 1.29 is 66.8 Å². The van der Waals surface area contributed by atoms with Crippen molar-refractivity contribution in [3.8, 4) is 0 Å². The number of ketones is 2. The van der Waals surface area contributed by atoms with Crippen LogP contribution in [0.15, 0.2) is 30.3 Å². The molecule has 0 heterocycles. The van der Waals surface area contributed by atoms with Crippen molar-refractivity contribution >= 4 is 27.7 Å². The van der Waals surface area contributed by atoms with E-state index in [1.807, 2.05) is 0 Å². The van der Waals surface area contributed by atoms with Gasteiger partial charge in [0.15, 0.2) is 11.6 Å². The second-order valence-electron chi connectivity index (χ2n) is 9.54. The van der Waals surface area contributed by atoms with Crippen molar-refractivity contribution in [2.45, 2.75) is 70.2 Å². The van der Waals surface area contributed by atoms with Crippen LogP contribution in [0.4, 0.5) is 0 Å². The third-order valence-corrected chi connectivity index (χ3v) is 7.04. The molecule has 0 radical (unpaired) electrons. The summed E-state index contributed by atoms with van der Waals surface area (Å²) in [5.41, 5.74) is 15.0. The normalized spacial score (nSPS) is 17.8. The number of aliphatic hydroxyl groups is 1. The Morgan fingerprint density at radius 1 is 1.03 bits per heavy atom. The fourth-order valence-corrected chi connectivity index (χ4v) is 5.15. The summed E-state index contributed by atoms with van der Waals surface area (Å²) >= 11 is 0. The minimum absolute atomic E-state index is 0. The maximum atomic E-state index is 13.3. The van der Waals surface area contributed by atoms with Gasteiger partial charge in [-0.1, -0.05) is 58.0 Å². The summed E-state index contributed by atoms with van der Waals surface area (Å²) in [6.45, 7) is 6.95. The molecule has 11 nitrogen and oxygen atoms in total. The van der Waals surface area contributed by atoms with Crippen LogP contribution < -0.4 is 46.8 Å². The van der Waals surface area contributed by atoms with Gasteiger partial charge in [-0.05, 0) is 30.7 Å². The van der Waals surface area contributed by atoms with Crippen LogP contribution in [0.25, 0.3) is 0 Å². The quantitative estimate of drug-likeness (QED) is 0.112. The van der Waals surface area contributed by atoms with Crippen molar-refractivity contribution in [3.63, 3.8) is 0 Å². The number of hydrogen-bond donors (Lipinski definition) is 4. The van der Waals surface area contributed by atoms with Crippen molar-refractivity contribution in [1.82, 2.24) is 0 Å². The Kier molecular flexibility index (Phi) is 13.1. The number of carbonyl (C=O) groups is 3. The number of nitrogens with two attached hydrogens (primary N) is 3. The van der Waals surface area contributed by atoms with E-state index in [0.717, 1.165) is 6.92 Å². The van der Waals surface area contributed by atoms with E-state index in [0.29, 0.717) is 5.56 Å². The standard InChI is InChI=1S/C23H37N3O8S.Na/c1-13(2)11-17(25)20(28)23(30,35(31,32)33)22(26,19(27)15(5)24)18(14(3)4)21(29)34-12-16-9-7-6-8-10-16;/h6-10,13-15,17-18,30H,11-12,24-26H2,1-5H3,(H,31,32,33);/q;+1/p-1/t15-,17-,18?,22?,23?;/m0./s1. The molecule has 0 bridgehead atoms. The van der Waals surface area contributed by atoms with Gasteiger partial charge in [0, 0.05) is 0 Å². The summed E-state index contributed by atoms with van der Waals surface area (Å²) < 4.78 is 42.7. The van der Waals surface area contributed by atoms with Gasteiger partial charge in [-0.2, -0.15) is 0 Å². The molecule has 0 fully saturated rings. The third-order valence-electron chi connectivity index (χ3n) is 5.77. The molecule has 1 aromatic rings. The van der Waals surface area contributed by atoms with Gasteiger partial charge in [-0.15, -0.1) is 0 Å². The Morgan fingerprint density at radius 3 is 1.92 bits per heavy atom. The van der Waals surface area contributed by atoms with Gasteiger partial charge in [0.25, 0.3) is 0 Å². The molecule has 5 atom stereocenters. The number of ether oxygens (including phenoxy) is 1. The van der Waals surface area contributed by atoms with Crippen molar-refractivity contribution in [2.24, 2.45) is 35.0 Å². The van der Waals surface area contributed by atoms with Crippen LogP contribution in [0.2, 0.25) is 0 Å². The SMILES string of the molecule is CC(C)C[C@H](N)C(=O)C(O)(C(N)(C(=O)[C@H](C)N)C(C(=O)OCc1ccccc1)C(C)C)S(=O)(=O)[O-].[Na+]. The number of hydrogen-bond acceptors (Lipinski definition) is 11. The van der Waals surface area contributed by atoms with Crippen LogP contribution in [-0.2, 0) is 35.8 Å². The first-order valence-corrected chi connectivity index (χ1v) is 12.6. The van der Waals surface area contributed by atoms with E-state index in [1.165, 1.54) is 13.8 Å². The van der Waals surface area contributed by atoms with Crippen LogP contribution in [0, 0.1) is 17.8 Å². The molecule has 0 aromatic heterocycles. The molecule has 0 aliphatic rings. The largest absolute Gasteiger partial charge is 1.00 e. The minimum Gasteiger partial charge on any atom is -0.745 e. The van der Waals surface area contributed by atoms with Gasteiger partial charge in [0.1, 0.15) is 22.3 Å². The van der Waals surface area contributed by atoms with E-state index < -0.39 is 62.0 Å². The molecule has 198 valence electrons. The Morgan fingerprint density at radius 2 is 1.53 bits per heavy atom. The molecule has 0 aliphatic heterocycles. The maximum Gasteiger partial charge on any atom is 1.00 e. The monoisotopic (exact) mass is 537 g/mol. The summed E-state index contributed by atoms with van der Waals surface area (Å²) in [5, 5.41) is 11.4. The van der Waals surface area contributed by atoms with Crippen LogP contribution in [0.5, 0.6) is 0 Å². The zero-order valence-electron chi connectivity index (χ0n) is 21.6. The van der Waals surface area contributed by atoms with Crippen LogP contribution in [0.3, 0.4) is 0 Å². The van der Waals surface area contributed by atoms with Crippen molar-refractivity contribution in [1.29, 1.82) is 0 Å². The molecule has 0 amide bonds. The topological polar surface area (TPSA) is 216 Å². The number of Topliss-reactive ketones (excluding diaryl/α,β-unsaturated/α-hetero) is 2. The molecular formula is C23H36N3NaO8S. The van der Waals surface area contributed by atoms with E-state index in [9.17, 15) is 32.5 Å². The van der Waals surface area contributed by atoms with Crippen LogP contribution >= 0.6 is 0 Å². The fourth-order valence-electron chi connectivity index (χ4n) is 4.11. The van der Waals surface area contributed by atoms with E-state index in [4.69, 9.17) is 21.9 Å². The van der Waals surface area contributed by atoms with Gasteiger partial charge >= 0.3 is 35.5 Å². The summed E-state index contributed by atoms with van der Waals surface area (Å²) in [6, 6.07) is 5.16. The average Bonchev–Trinajstić information content (AvgIpc) is 2.74. The number of rotatable bonds is 13. The second-order valence-corrected chi connectivity index (χ2v) is 11.0. The van der Waals surface area contributed by atoms with E-state index in [1.54, 1.807) is 44.2 Å². The zero-order valence-corrected chi connectivity index (χ0v) is 24.4. The Labute approximate surface area is 234 Å². The molecule has 0 spiro atoms. The number of benzene rings is 1. The molecular weight excluding hydrogens is 501 g/mol. The first-order chi connectivity index (χ1) is 15.9. The smallest absolute Gasteiger partial charge is 0.745 e. The predicted molar refractivity (Wildman–Crippen MR) is 127 cm³/mol. The Bertz CT molecular complexity index is 1020. The predicted octanol–water partition coefficient (Wildman–Crippen LogP) is -3.20. The molecule has 0 aliphatic carbocycles. The Hall–Kier alpha value is -1.22. The molecule has 1 aromatic carbocycles.